The zero-order valence-corrected chi connectivity index (χ0v) is 15.8. The standard InChI is InChI=1S/C22H21N3O3/c1-3-28-20-11-9-18(10-12-20)24-21(26)16-13-17(15-23-14-16)22(27)25(2)19-7-5-4-6-8-19/h4-15H,3H2,1-2H3,(H,24,26). The van der Waals surface area contributed by atoms with E-state index in [1.807, 2.05) is 37.3 Å². The van der Waals surface area contributed by atoms with Gasteiger partial charge in [-0.25, -0.2) is 0 Å². The molecular formula is C22H21N3O3. The minimum atomic E-state index is -0.339. The summed E-state index contributed by atoms with van der Waals surface area (Å²) in [7, 11) is 1.68. The number of anilines is 2. The van der Waals surface area contributed by atoms with E-state index in [4.69, 9.17) is 4.74 Å². The molecule has 0 saturated heterocycles. The van der Waals surface area contributed by atoms with Crippen LogP contribution >= 0.6 is 0 Å². The van der Waals surface area contributed by atoms with Crippen LogP contribution in [0.5, 0.6) is 5.75 Å². The maximum absolute atomic E-state index is 12.7. The molecule has 28 heavy (non-hydrogen) atoms. The second-order valence-corrected chi connectivity index (χ2v) is 6.07. The minimum absolute atomic E-state index is 0.241. The Hall–Kier alpha value is -3.67. The first-order valence-electron chi connectivity index (χ1n) is 8.91. The van der Waals surface area contributed by atoms with Gasteiger partial charge >= 0.3 is 0 Å². The molecule has 1 heterocycles. The Morgan fingerprint density at radius 1 is 1.00 bits per heavy atom. The molecule has 6 nitrogen and oxygen atoms in total. The molecule has 0 spiro atoms. The van der Waals surface area contributed by atoms with Gasteiger partial charge in [-0.05, 0) is 49.4 Å². The third-order valence-electron chi connectivity index (χ3n) is 4.12. The van der Waals surface area contributed by atoms with Gasteiger partial charge in [-0.15, -0.1) is 0 Å². The fourth-order valence-electron chi connectivity index (χ4n) is 2.65. The molecule has 1 aromatic heterocycles. The Bertz CT molecular complexity index is 956. The topological polar surface area (TPSA) is 71.5 Å². The third kappa shape index (κ3) is 4.54. The van der Waals surface area contributed by atoms with Crippen LogP contribution in [0.3, 0.4) is 0 Å². The molecule has 0 aliphatic carbocycles. The Morgan fingerprint density at radius 3 is 2.36 bits per heavy atom. The average molecular weight is 375 g/mol. The lowest BCUT2D eigenvalue weighted by Gasteiger charge is -2.17. The van der Waals surface area contributed by atoms with Crippen molar-refractivity contribution in [2.75, 3.05) is 23.9 Å². The van der Waals surface area contributed by atoms with E-state index in [9.17, 15) is 9.59 Å². The summed E-state index contributed by atoms with van der Waals surface area (Å²) in [5.41, 5.74) is 2.04. The number of hydrogen-bond acceptors (Lipinski definition) is 4. The van der Waals surface area contributed by atoms with E-state index in [2.05, 4.69) is 10.3 Å². The Labute approximate surface area is 163 Å². The summed E-state index contributed by atoms with van der Waals surface area (Å²) in [6.07, 6.45) is 2.89. The van der Waals surface area contributed by atoms with Crippen LogP contribution in [0.25, 0.3) is 0 Å². The number of nitrogens with one attached hydrogen (secondary N) is 1. The molecule has 0 atom stereocenters. The summed E-state index contributed by atoms with van der Waals surface area (Å²) in [6.45, 7) is 2.49. The Balaban J connectivity index is 1.73. The highest BCUT2D eigenvalue weighted by molar-refractivity contribution is 6.09. The molecule has 0 aliphatic heterocycles. The van der Waals surface area contributed by atoms with Gasteiger partial charge in [0.25, 0.3) is 11.8 Å². The van der Waals surface area contributed by atoms with Crippen LogP contribution in [0.1, 0.15) is 27.6 Å². The number of aromatic nitrogens is 1. The molecule has 2 amide bonds. The quantitative estimate of drug-likeness (QED) is 0.707. The number of nitrogens with zero attached hydrogens (tertiary/aromatic N) is 2. The van der Waals surface area contributed by atoms with Gasteiger partial charge in [-0.3, -0.25) is 14.6 Å². The maximum Gasteiger partial charge on any atom is 0.259 e. The second-order valence-electron chi connectivity index (χ2n) is 6.07. The van der Waals surface area contributed by atoms with Gasteiger partial charge < -0.3 is 15.0 Å². The van der Waals surface area contributed by atoms with Crippen LogP contribution in [-0.4, -0.2) is 30.5 Å². The van der Waals surface area contributed by atoms with E-state index >= 15 is 0 Å². The molecule has 1 N–H and O–H groups in total. The number of rotatable bonds is 6. The maximum atomic E-state index is 12.7. The number of para-hydroxylation sites is 1. The number of hydrogen-bond donors (Lipinski definition) is 1. The van der Waals surface area contributed by atoms with Crippen molar-refractivity contribution in [1.29, 1.82) is 0 Å². The normalized spacial score (nSPS) is 10.2. The molecule has 0 bridgehead atoms. The van der Waals surface area contributed by atoms with Gasteiger partial charge in [0.15, 0.2) is 0 Å². The highest BCUT2D eigenvalue weighted by Gasteiger charge is 2.16. The average Bonchev–Trinajstić information content (AvgIpc) is 2.75. The van der Waals surface area contributed by atoms with Crippen molar-refractivity contribution in [2.45, 2.75) is 6.92 Å². The van der Waals surface area contributed by atoms with Gasteiger partial charge in [-0.1, -0.05) is 18.2 Å². The molecule has 6 heteroatoms. The third-order valence-corrected chi connectivity index (χ3v) is 4.12. The monoisotopic (exact) mass is 375 g/mol. The number of pyridine rings is 1. The Morgan fingerprint density at radius 2 is 1.68 bits per heavy atom. The predicted molar refractivity (Wildman–Crippen MR) is 109 cm³/mol. The van der Waals surface area contributed by atoms with Crippen molar-refractivity contribution in [3.63, 3.8) is 0 Å². The molecule has 142 valence electrons. The lowest BCUT2D eigenvalue weighted by atomic mass is 10.1. The zero-order valence-electron chi connectivity index (χ0n) is 15.8. The first-order chi connectivity index (χ1) is 13.6. The van der Waals surface area contributed by atoms with Crippen molar-refractivity contribution in [3.8, 4) is 5.75 Å². The smallest absolute Gasteiger partial charge is 0.259 e. The molecule has 0 radical (unpaired) electrons. The van der Waals surface area contributed by atoms with Crippen LogP contribution in [0, 0.1) is 0 Å². The van der Waals surface area contributed by atoms with Crippen LogP contribution in [0.15, 0.2) is 73.1 Å². The highest BCUT2D eigenvalue weighted by atomic mass is 16.5. The van der Waals surface area contributed by atoms with Crippen LogP contribution in [0.2, 0.25) is 0 Å². The van der Waals surface area contributed by atoms with Crippen LogP contribution in [-0.2, 0) is 0 Å². The molecule has 3 rings (SSSR count). The molecule has 0 aliphatic rings. The first-order valence-corrected chi connectivity index (χ1v) is 8.91. The first kappa shape index (κ1) is 19.1. The van der Waals surface area contributed by atoms with Gasteiger partial charge in [0.2, 0.25) is 0 Å². The fraction of sp³-hybridized carbons (Fsp3) is 0.136. The zero-order chi connectivity index (χ0) is 19.9. The SMILES string of the molecule is CCOc1ccc(NC(=O)c2cncc(C(=O)N(C)c3ccccc3)c2)cc1. The fourth-order valence-corrected chi connectivity index (χ4v) is 2.65. The molecule has 2 aromatic carbocycles. The van der Waals surface area contributed by atoms with Crippen molar-refractivity contribution < 1.29 is 14.3 Å². The summed E-state index contributed by atoms with van der Waals surface area (Å²) in [5.74, 6) is 0.154. The number of carbonyl (C=O) groups is 2. The molecular weight excluding hydrogens is 354 g/mol. The predicted octanol–water partition coefficient (Wildman–Crippen LogP) is 4.01. The molecule has 0 unspecified atom stereocenters. The van der Waals surface area contributed by atoms with E-state index < -0.39 is 0 Å². The minimum Gasteiger partial charge on any atom is -0.494 e. The van der Waals surface area contributed by atoms with E-state index in [-0.39, 0.29) is 11.8 Å². The number of benzene rings is 2. The van der Waals surface area contributed by atoms with E-state index in [0.29, 0.717) is 23.4 Å². The van der Waals surface area contributed by atoms with Crippen molar-refractivity contribution in [3.05, 3.63) is 84.2 Å². The van der Waals surface area contributed by atoms with Gasteiger partial charge in [-0.2, -0.15) is 0 Å². The molecule has 0 fully saturated rings. The van der Waals surface area contributed by atoms with Gasteiger partial charge in [0.05, 0.1) is 17.7 Å². The number of ether oxygens (including phenoxy) is 1. The van der Waals surface area contributed by atoms with E-state index in [0.717, 1.165) is 11.4 Å². The largest absolute Gasteiger partial charge is 0.494 e. The van der Waals surface area contributed by atoms with Crippen LogP contribution < -0.4 is 15.0 Å². The highest BCUT2D eigenvalue weighted by Crippen LogP contribution is 2.18. The summed E-state index contributed by atoms with van der Waals surface area (Å²) in [5, 5.41) is 2.80. The summed E-state index contributed by atoms with van der Waals surface area (Å²) < 4.78 is 5.39. The van der Waals surface area contributed by atoms with Crippen molar-refractivity contribution >= 4 is 23.2 Å². The number of carbonyl (C=O) groups excluding carboxylic acids is 2. The van der Waals surface area contributed by atoms with Gasteiger partial charge in [0, 0.05) is 30.8 Å². The van der Waals surface area contributed by atoms with E-state index in [1.54, 1.807) is 37.4 Å². The van der Waals surface area contributed by atoms with Gasteiger partial charge in [0.1, 0.15) is 5.75 Å². The lowest BCUT2D eigenvalue weighted by Crippen LogP contribution is -2.26. The molecule has 3 aromatic rings. The summed E-state index contributed by atoms with van der Waals surface area (Å²) >= 11 is 0. The van der Waals surface area contributed by atoms with Crippen molar-refractivity contribution in [2.24, 2.45) is 0 Å². The Kier molecular flexibility index (Phi) is 6.01. The second kappa shape index (κ2) is 8.81. The van der Waals surface area contributed by atoms with Crippen molar-refractivity contribution in [1.82, 2.24) is 4.98 Å². The van der Waals surface area contributed by atoms with E-state index in [1.165, 1.54) is 17.3 Å². The lowest BCUT2D eigenvalue weighted by molar-refractivity contribution is 0.0992. The molecule has 0 saturated carbocycles. The summed E-state index contributed by atoms with van der Waals surface area (Å²) in [4.78, 5) is 30.8. The van der Waals surface area contributed by atoms with Crippen LogP contribution in [0.4, 0.5) is 11.4 Å². The number of amides is 2. The summed E-state index contributed by atoms with van der Waals surface area (Å²) in [6, 6.07) is 17.9.